The molecule has 24 heavy (non-hydrogen) atoms. The number of nitrogens with one attached hydrogen (secondary N) is 1. The van der Waals surface area contributed by atoms with Crippen LogP contribution in [0.2, 0.25) is 0 Å². The maximum Gasteiger partial charge on any atom is 0.230 e. The fourth-order valence-corrected chi connectivity index (χ4v) is 2.64. The predicted octanol–water partition coefficient (Wildman–Crippen LogP) is 3.39. The number of aliphatic hydroxyl groups is 1. The van der Waals surface area contributed by atoms with Crippen molar-refractivity contribution in [1.82, 2.24) is 5.32 Å². The summed E-state index contributed by atoms with van der Waals surface area (Å²) in [6.45, 7) is 2.47. The molecule has 0 spiro atoms. The van der Waals surface area contributed by atoms with Crippen molar-refractivity contribution in [2.75, 3.05) is 6.54 Å². The molecule has 0 saturated carbocycles. The second-order valence-corrected chi connectivity index (χ2v) is 5.92. The van der Waals surface area contributed by atoms with Crippen LogP contribution in [0.3, 0.4) is 0 Å². The van der Waals surface area contributed by atoms with E-state index >= 15 is 0 Å². The normalized spacial score (nSPS) is 12.2. The van der Waals surface area contributed by atoms with E-state index in [2.05, 4.69) is 5.32 Å². The minimum Gasteiger partial charge on any atom is -0.460 e. The molecule has 2 N–H and O–H groups in total. The Morgan fingerprint density at radius 2 is 1.83 bits per heavy atom. The van der Waals surface area contributed by atoms with Crippen LogP contribution >= 0.6 is 0 Å². The average molecular weight is 323 g/mol. The van der Waals surface area contributed by atoms with Gasteiger partial charge < -0.3 is 14.8 Å². The van der Waals surface area contributed by atoms with Gasteiger partial charge in [0.2, 0.25) is 5.91 Å². The minimum absolute atomic E-state index is 0.0407. The van der Waals surface area contributed by atoms with Crippen molar-refractivity contribution in [3.63, 3.8) is 0 Å². The summed E-state index contributed by atoms with van der Waals surface area (Å²) in [5.74, 6) is 0.316. The Balaban J connectivity index is 1.55. The third-order valence-corrected chi connectivity index (χ3v) is 4.18. The highest BCUT2D eigenvalue weighted by Gasteiger charge is 2.18. The number of furan rings is 1. The summed E-state index contributed by atoms with van der Waals surface area (Å²) in [6, 6.07) is 17.4. The summed E-state index contributed by atoms with van der Waals surface area (Å²) >= 11 is 0. The quantitative estimate of drug-likeness (QED) is 0.731. The molecule has 0 aliphatic carbocycles. The van der Waals surface area contributed by atoms with Crippen LogP contribution < -0.4 is 5.32 Å². The SMILES string of the molecule is CC(C(=O)NCCc1ccc(CO)cc1)c1cc2ccccc2o1. The maximum atomic E-state index is 12.3. The lowest BCUT2D eigenvalue weighted by molar-refractivity contribution is -0.122. The zero-order valence-electron chi connectivity index (χ0n) is 13.7. The van der Waals surface area contributed by atoms with E-state index in [0.29, 0.717) is 12.3 Å². The standard InChI is InChI=1S/C20H21NO3/c1-14(19-12-17-4-2-3-5-18(17)24-19)20(23)21-11-10-15-6-8-16(13-22)9-7-15/h2-9,12,14,22H,10-11,13H2,1H3,(H,21,23). The first kappa shape index (κ1) is 16.3. The largest absolute Gasteiger partial charge is 0.460 e. The Morgan fingerprint density at radius 1 is 1.12 bits per heavy atom. The van der Waals surface area contributed by atoms with E-state index < -0.39 is 0 Å². The molecule has 2 aromatic carbocycles. The lowest BCUT2D eigenvalue weighted by Crippen LogP contribution is -2.29. The first-order valence-corrected chi connectivity index (χ1v) is 8.12. The molecule has 0 aliphatic heterocycles. The van der Waals surface area contributed by atoms with Crippen LogP contribution in [0.25, 0.3) is 11.0 Å². The maximum absolute atomic E-state index is 12.3. The number of carbonyl (C=O) groups excluding carboxylic acids is 1. The molecular formula is C20H21NO3. The van der Waals surface area contributed by atoms with Crippen molar-refractivity contribution in [3.8, 4) is 0 Å². The van der Waals surface area contributed by atoms with Gasteiger partial charge in [-0.25, -0.2) is 0 Å². The van der Waals surface area contributed by atoms with Gasteiger partial charge in [0.1, 0.15) is 11.3 Å². The first-order chi connectivity index (χ1) is 11.7. The molecule has 124 valence electrons. The van der Waals surface area contributed by atoms with Crippen molar-refractivity contribution in [2.45, 2.75) is 25.9 Å². The summed E-state index contributed by atoms with van der Waals surface area (Å²) in [7, 11) is 0. The fourth-order valence-electron chi connectivity index (χ4n) is 2.64. The van der Waals surface area contributed by atoms with Crippen LogP contribution in [0, 0.1) is 0 Å². The Labute approximate surface area is 141 Å². The first-order valence-electron chi connectivity index (χ1n) is 8.12. The molecule has 0 radical (unpaired) electrons. The number of aliphatic hydroxyl groups excluding tert-OH is 1. The zero-order chi connectivity index (χ0) is 16.9. The van der Waals surface area contributed by atoms with Crippen molar-refractivity contribution in [1.29, 1.82) is 0 Å². The second kappa shape index (κ2) is 7.32. The summed E-state index contributed by atoms with van der Waals surface area (Å²) in [4.78, 5) is 12.3. The van der Waals surface area contributed by atoms with E-state index in [1.165, 1.54) is 0 Å². The van der Waals surface area contributed by atoms with Crippen LogP contribution in [0.5, 0.6) is 0 Å². The third kappa shape index (κ3) is 3.66. The molecular weight excluding hydrogens is 302 g/mol. The Hall–Kier alpha value is -2.59. The third-order valence-electron chi connectivity index (χ3n) is 4.18. The average Bonchev–Trinajstić information content (AvgIpc) is 3.05. The number of hydrogen-bond donors (Lipinski definition) is 2. The van der Waals surface area contributed by atoms with Crippen molar-refractivity contribution in [2.24, 2.45) is 0 Å². The Kier molecular flexibility index (Phi) is 4.96. The smallest absolute Gasteiger partial charge is 0.230 e. The Morgan fingerprint density at radius 3 is 2.54 bits per heavy atom. The molecule has 1 atom stereocenters. The predicted molar refractivity (Wildman–Crippen MR) is 93.7 cm³/mol. The number of benzene rings is 2. The molecule has 1 unspecified atom stereocenters. The van der Waals surface area contributed by atoms with Crippen molar-refractivity contribution >= 4 is 16.9 Å². The molecule has 1 aromatic heterocycles. The van der Waals surface area contributed by atoms with Crippen LogP contribution in [0.4, 0.5) is 0 Å². The molecule has 1 amide bonds. The summed E-state index contributed by atoms with van der Waals surface area (Å²) in [5, 5.41) is 13.0. The van der Waals surface area contributed by atoms with Gasteiger partial charge in [-0.15, -0.1) is 0 Å². The molecule has 0 saturated heterocycles. The number of amides is 1. The van der Waals surface area contributed by atoms with Crippen molar-refractivity contribution in [3.05, 3.63) is 71.5 Å². The molecule has 0 bridgehead atoms. The van der Waals surface area contributed by atoms with E-state index in [1.807, 2.05) is 61.5 Å². The number of rotatable bonds is 6. The van der Waals surface area contributed by atoms with Gasteiger partial charge in [-0.05, 0) is 36.6 Å². The lowest BCUT2D eigenvalue weighted by atomic mass is 10.1. The number of carbonyl (C=O) groups is 1. The fraction of sp³-hybridized carbons (Fsp3) is 0.250. The molecule has 4 heteroatoms. The van der Waals surface area contributed by atoms with Crippen LogP contribution in [-0.4, -0.2) is 17.6 Å². The van der Waals surface area contributed by atoms with E-state index in [0.717, 1.165) is 28.5 Å². The molecule has 4 nitrogen and oxygen atoms in total. The van der Waals surface area contributed by atoms with Gasteiger partial charge in [-0.2, -0.15) is 0 Å². The summed E-state index contributed by atoms with van der Waals surface area (Å²) in [6.07, 6.45) is 0.754. The number of hydrogen-bond acceptors (Lipinski definition) is 3. The van der Waals surface area contributed by atoms with Gasteiger partial charge in [0.25, 0.3) is 0 Å². The van der Waals surface area contributed by atoms with Crippen LogP contribution in [0.1, 0.15) is 29.7 Å². The van der Waals surface area contributed by atoms with E-state index in [4.69, 9.17) is 9.52 Å². The van der Waals surface area contributed by atoms with Crippen LogP contribution in [0.15, 0.2) is 59.0 Å². The van der Waals surface area contributed by atoms with Gasteiger partial charge in [-0.3, -0.25) is 4.79 Å². The van der Waals surface area contributed by atoms with Gasteiger partial charge in [0.15, 0.2) is 0 Å². The van der Waals surface area contributed by atoms with E-state index in [9.17, 15) is 4.79 Å². The van der Waals surface area contributed by atoms with E-state index in [-0.39, 0.29) is 18.4 Å². The van der Waals surface area contributed by atoms with E-state index in [1.54, 1.807) is 0 Å². The number of fused-ring (bicyclic) bond motifs is 1. The highest BCUT2D eigenvalue weighted by Crippen LogP contribution is 2.24. The summed E-state index contributed by atoms with van der Waals surface area (Å²) < 4.78 is 5.76. The Bertz CT molecular complexity index is 787. The molecule has 0 aliphatic rings. The summed E-state index contributed by atoms with van der Waals surface area (Å²) in [5.41, 5.74) is 2.82. The zero-order valence-corrected chi connectivity index (χ0v) is 13.7. The van der Waals surface area contributed by atoms with Crippen molar-refractivity contribution < 1.29 is 14.3 Å². The topological polar surface area (TPSA) is 62.5 Å². The molecule has 0 fully saturated rings. The van der Waals surface area contributed by atoms with Crippen LogP contribution in [-0.2, 0) is 17.8 Å². The number of para-hydroxylation sites is 1. The molecule has 3 rings (SSSR count). The van der Waals surface area contributed by atoms with Gasteiger partial charge in [0, 0.05) is 11.9 Å². The highest BCUT2D eigenvalue weighted by molar-refractivity contribution is 5.85. The molecule has 1 heterocycles. The second-order valence-electron chi connectivity index (χ2n) is 5.92. The van der Waals surface area contributed by atoms with Gasteiger partial charge in [-0.1, -0.05) is 42.5 Å². The lowest BCUT2D eigenvalue weighted by Gasteiger charge is -2.10. The molecule has 3 aromatic rings. The highest BCUT2D eigenvalue weighted by atomic mass is 16.3. The van der Waals surface area contributed by atoms with Gasteiger partial charge >= 0.3 is 0 Å². The van der Waals surface area contributed by atoms with Gasteiger partial charge in [0.05, 0.1) is 12.5 Å². The monoisotopic (exact) mass is 323 g/mol. The minimum atomic E-state index is -0.325.